The fourth-order valence-electron chi connectivity index (χ4n) is 4.87. The summed E-state index contributed by atoms with van der Waals surface area (Å²) in [5.41, 5.74) is 6.37. The standard InChI is InChI=1S/C28H26N4O3S/c1-16-5-14-22-21(15-16)24-23(26(35-22)18-8-12-20(34-3)13-9-18)25(17-6-10-19(33-2)11-7-17)32-27(29-24)30-28(31-32)36-4/h5-15,25-26H,1-4H3,(H,29,30,31)/t25-,26-/m0/s1. The summed E-state index contributed by atoms with van der Waals surface area (Å²) in [6.45, 7) is 2.09. The highest BCUT2D eigenvalue weighted by Gasteiger charge is 2.41. The van der Waals surface area contributed by atoms with Crippen LogP contribution in [0.4, 0.5) is 5.95 Å². The van der Waals surface area contributed by atoms with Crippen LogP contribution in [0, 0.1) is 6.92 Å². The van der Waals surface area contributed by atoms with E-state index in [-0.39, 0.29) is 12.1 Å². The Morgan fingerprint density at radius 2 is 1.58 bits per heavy atom. The summed E-state index contributed by atoms with van der Waals surface area (Å²) in [5, 5.41) is 9.17. The van der Waals surface area contributed by atoms with Crippen LogP contribution in [0.25, 0.3) is 5.70 Å². The number of thioether (sulfide) groups is 1. The number of rotatable bonds is 5. The second-order valence-electron chi connectivity index (χ2n) is 8.77. The molecule has 0 unspecified atom stereocenters. The zero-order chi connectivity index (χ0) is 24.8. The van der Waals surface area contributed by atoms with Crippen molar-refractivity contribution in [1.29, 1.82) is 0 Å². The molecule has 182 valence electrons. The molecule has 0 radical (unpaired) electrons. The molecule has 4 aromatic rings. The minimum atomic E-state index is -0.337. The predicted octanol–water partition coefficient (Wildman–Crippen LogP) is 5.89. The Kier molecular flexibility index (Phi) is 5.60. The average Bonchev–Trinajstić information content (AvgIpc) is 3.35. The Bertz CT molecular complexity index is 1460. The minimum absolute atomic E-state index is 0.226. The Balaban J connectivity index is 1.60. The number of aromatic nitrogens is 3. The first kappa shape index (κ1) is 22.5. The molecule has 36 heavy (non-hydrogen) atoms. The minimum Gasteiger partial charge on any atom is -0.497 e. The van der Waals surface area contributed by atoms with Gasteiger partial charge in [-0.3, -0.25) is 0 Å². The number of hydrogen-bond acceptors (Lipinski definition) is 7. The molecule has 7 nitrogen and oxygen atoms in total. The number of anilines is 1. The number of nitrogens with zero attached hydrogens (tertiary/aromatic N) is 3. The molecule has 0 amide bonds. The molecule has 0 bridgehead atoms. The van der Waals surface area contributed by atoms with E-state index in [2.05, 4.69) is 48.6 Å². The number of ether oxygens (including phenoxy) is 3. The molecule has 0 saturated heterocycles. The summed E-state index contributed by atoms with van der Waals surface area (Å²) < 4.78 is 19.5. The van der Waals surface area contributed by atoms with Crippen LogP contribution in [0.15, 0.2) is 77.5 Å². The number of fused-ring (bicyclic) bond motifs is 3. The fourth-order valence-corrected chi connectivity index (χ4v) is 5.22. The lowest BCUT2D eigenvalue weighted by Crippen LogP contribution is -2.32. The molecule has 1 aromatic heterocycles. The van der Waals surface area contributed by atoms with Crippen LogP contribution in [0.3, 0.4) is 0 Å². The van der Waals surface area contributed by atoms with Crippen LogP contribution < -0.4 is 19.5 Å². The maximum atomic E-state index is 6.73. The van der Waals surface area contributed by atoms with Crippen LogP contribution in [0.2, 0.25) is 0 Å². The van der Waals surface area contributed by atoms with Gasteiger partial charge in [-0.15, -0.1) is 5.10 Å². The molecular weight excluding hydrogens is 472 g/mol. The third-order valence-corrected chi connectivity index (χ3v) is 7.18. The summed E-state index contributed by atoms with van der Waals surface area (Å²) in [7, 11) is 3.35. The van der Waals surface area contributed by atoms with Crippen molar-refractivity contribution >= 4 is 23.4 Å². The molecule has 2 aliphatic heterocycles. The molecule has 6 rings (SSSR count). The van der Waals surface area contributed by atoms with Crippen LogP contribution in [0.1, 0.15) is 34.4 Å². The van der Waals surface area contributed by atoms with Crippen molar-refractivity contribution in [2.45, 2.75) is 24.2 Å². The molecule has 3 aromatic carbocycles. The summed E-state index contributed by atoms with van der Waals surface area (Å²) in [6.07, 6.45) is 1.65. The smallest absolute Gasteiger partial charge is 0.227 e. The van der Waals surface area contributed by atoms with Crippen LogP contribution in [-0.4, -0.2) is 35.2 Å². The Hall–Kier alpha value is -3.91. The van der Waals surface area contributed by atoms with E-state index in [0.717, 1.165) is 50.8 Å². The van der Waals surface area contributed by atoms with E-state index in [0.29, 0.717) is 11.1 Å². The van der Waals surface area contributed by atoms with Crippen molar-refractivity contribution in [3.63, 3.8) is 0 Å². The van der Waals surface area contributed by atoms with Crippen molar-refractivity contribution in [2.24, 2.45) is 0 Å². The Labute approximate surface area is 214 Å². The van der Waals surface area contributed by atoms with Gasteiger partial charge in [0.2, 0.25) is 11.1 Å². The molecular formula is C28H26N4O3S. The van der Waals surface area contributed by atoms with Crippen LogP contribution in [0.5, 0.6) is 17.2 Å². The first-order chi connectivity index (χ1) is 17.6. The fraction of sp³-hybridized carbons (Fsp3) is 0.214. The van der Waals surface area contributed by atoms with E-state index >= 15 is 0 Å². The molecule has 2 aliphatic rings. The van der Waals surface area contributed by atoms with Crippen LogP contribution >= 0.6 is 11.8 Å². The lowest BCUT2D eigenvalue weighted by molar-refractivity contribution is 0.222. The molecule has 0 saturated carbocycles. The average molecular weight is 499 g/mol. The quantitative estimate of drug-likeness (QED) is 0.344. The van der Waals surface area contributed by atoms with Gasteiger partial charge in [0.15, 0.2) is 0 Å². The van der Waals surface area contributed by atoms with E-state index in [1.165, 1.54) is 11.8 Å². The number of hydrogen-bond donors (Lipinski definition) is 1. The molecule has 0 aliphatic carbocycles. The molecule has 0 fully saturated rings. The largest absolute Gasteiger partial charge is 0.497 e. The Morgan fingerprint density at radius 1 is 0.917 bits per heavy atom. The van der Waals surface area contributed by atoms with Gasteiger partial charge < -0.3 is 19.5 Å². The number of nitrogens with one attached hydrogen (secondary N) is 1. The van der Waals surface area contributed by atoms with Crippen LogP contribution in [-0.2, 0) is 0 Å². The lowest BCUT2D eigenvalue weighted by Gasteiger charge is -2.39. The van der Waals surface area contributed by atoms with Gasteiger partial charge in [0.25, 0.3) is 0 Å². The predicted molar refractivity (Wildman–Crippen MR) is 141 cm³/mol. The summed E-state index contributed by atoms with van der Waals surface area (Å²) >= 11 is 1.52. The Morgan fingerprint density at radius 3 is 2.22 bits per heavy atom. The maximum absolute atomic E-state index is 6.73. The second-order valence-corrected chi connectivity index (χ2v) is 9.54. The van der Waals surface area contributed by atoms with Gasteiger partial charge in [-0.1, -0.05) is 47.7 Å². The van der Waals surface area contributed by atoms with Crippen molar-refractivity contribution < 1.29 is 14.2 Å². The van der Waals surface area contributed by atoms with Crippen molar-refractivity contribution in [2.75, 3.05) is 25.8 Å². The summed E-state index contributed by atoms with van der Waals surface area (Å²) in [6, 6.07) is 22.2. The number of benzene rings is 3. The number of methoxy groups -OCH3 is 2. The topological polar surface area (TPSA) is 70.4 Å². The third kappa shape index (κ3) is 3.69. The first-order valence-corrected chi connectivity index (χ1v) is 12.9. The van der Waals surface area contributed by atoms with Gasteiger partial charge in [0.05, 0.1) is 19.9 Å². The zero-order valence-corrected chi connectivity index (χ0v) is 21.3. The van der Waals surface area contributed by atoms with E-state index in [1.54, 1.807) is 14.2 Å². The molecule has 8 heteroatoms. The van der Waals surface area contributed by atoms with Crippen molar-refractivity contribution in [3.05, 3.63) is 94.6 Å². The lowest BCUT2D eigenvalue weighted by atomic mass is 9.84. The van der Waals surface area contributed by atoms with Crippen molar-refractivity contribution in [3.8, 4) is 17.2 Å². The van der Waals surface area contributed by atoms with Gasteiger partial charge in [0, 0.05) is 11.1 Å². The SMILES string of the molecule is COc1ccc([C@@H]2Oc3ccc(C)cc3C3=C2[C@H](c2ccc(OC)cc2)n2nc(SC)nc2N3)cc1. The molecule has 1 N–H and O–H groups in total. The summed E-state index contributed by atoms with van der Waals surface area (Å²) in [4.78, 5) is 4.77. The maximum Gasteiger partial charge on any atom is 0.227 e. The van der Waals surface area contributed by atoms with Gasteiger partial charge in [-0.05, 0) is 60.7 Å². The van der Waals surface area contributed by atoms with Crippen molar-refractivity contribution in [1.82, 2.24) is 14.8 Å². The van der Waals surface area contributed by atoms with E-state index in [9.17, 15) is 0 Å². The zero-order valence-electron chi connectivity index (χ0n) is 20.5. The van der Waals surface area contributed by atoms with E-state index < -0.39 is 0 Å². The highest BCUT2D eigenvalue weighted by molar-refractivity contribution is 7.98. The third-order valence-electron chi connectivity index (χ3n) is 6.64. The van der Waals surface area contributed by atoms with Gasteiger partial charge in [-0.2, -0.15) is 4.98 Å². The second kappa shape index (κ2) is 8.95. The molecule has 2 atom stereocenters. The number of aryl methyl sites for hydroxylation is 1. The summed E-state index contributed by atoms with van der Waals surface area (Å²) in [5.74, 6) is 3.15. The van der Waals surface area contributed by atoms with Gasteiger partial charge in [0.1, 0.15) is 29.4 Å². The highest BCUT2D eigenvalue weighted by atomic mass is 32.2. The molecule has 0 spiro atoms. The van der Waals surface area contributed by atoms with E-state index in [4.69, 9.17) is 24.3 Å². The monoisotopic (exact) mass is 498 g/mol. The first-order valence-electron chi connectivity index (χ1n) is 11.7. The molecule has 3 heterocycles. The van der Waals surface area contributed by atoms with Gasteiger partial charge >= 0.3 is 0 Å². The van der Waals surface area contributed by atoms with E-state index in [1.807, 2.05) is 41.3 Å². The van der Waals surface area contributed by atoms with Gasteiger partial charge in [-0.25, -0.2) is 4.68 Å². The highest BCUT2D eigenvalue weighted by Crippen LogP contribution is 2.51. The normalized spacial score (nSPS) is 17.9.